The van der Waals surface area contributed by atoms with Crippen LogP contribution in [0.25, 0.3) is 44.3 Å². The Morgan fingerprint density at radius 2 is 1.61 bits per heavy atom. The summed E-state index contributed by atoms with van der Waals surface area (Å²) in [5, 5.41) is 11.8. The topological polar surface area (TPSA) is 50.2 Å². The zero-order chi connectivity index (χ0) is 29.0. The summed E-state index contributed by atoms with van der Waals surface area (Å²) in [5.74, 6) is 1.62. The zero-order valence-corrected chi connectivity index (χ0v) is 27.7. The van der Waals surface area contributed by atoms with Crippen LogP contribution in [0.1, 0.15) is 65.5 Å². The predicted molar refractivity (Wildman–Crippen MR) is 168 cm³/mol. The van der Waals surface area contributed by atoms with Crippen molar-refractivity contribution in [3.8, 4) is 33.5 Å². The zero-order valence-electron chi connectivity index (χ0n) is 25.3. The molecule has 0 atom stereocenters. The number of ketones is 1. The minimum absolute atomic E-state index is 0. The SMILES string of the molecule is CC(C)CC(=O)/C=C(\O)CC(C)C.Cc1c[c-]c2c(c1)-c1cc(CC(C)C)ccc1-c1cccc3ccnc-2c13.[Ir]. The monoisotopic (exact) mass is 725 g/mol. The number of aromatic nitrogens is 1. The molecule has 0 fully saturated rings. The Hall–Kier alpha value is -3.07. The number of aliphatic hydroxyl groups is 1. The second-order valence-corrected chi connectivity index (χ2v) is 12.3. The summed E-state index contributed by atoms with van der Waals surface area (Å²) in [5.41, 5.74) is 9.87. The number of nitrogens with zero attached hydrogens (tertiary/aromatic N) is 1. The molecule has 41 heavy (non-hydrogen) atoms. The Bertz CT molecular complexity index is 1540. The molecule has 1 N–H and O–H groups in total. The normalized spacial score (nSPS) is 11.9. The molecule has 0 unspecified atom stereocenters. The number of allylic oxidation sites excluding steroid dienone is 2. The van der Waals surface area contributed by atoms with Crippen molar-refractivity contribution in [3.05, 3.63) is 89.8 Å². The van der Waals surface area contributed by atoms with Gasteiger partial charge in [-0.05, 0) is 63.4 Å². The number of hydrogen-bond donors (Lipinski definition) is 1. The first-order chi connectivity index (χ1) is 19.0. The Kier molecular flexibility index (Phi) is 11.2. The predicted octanol–water partition coefficient (Wildman–Crippen LogP) is 9.94. The van der Waals surface area contributed by atoms with Gasteiger partial charge in [-0.25, -0.2) is 0 Å². The average molecular weight is 725 g/mol. The molecular weight excluding hydrogens is 683 g/mol. The molecule has 5 rings (SSSR count). The Morgan fingerprint density at radius 1 is 0.878 bits per heavy atom. The van der Waals surface area contributed by atoms with Gasteiger partial charge in [0.1, 0.15) is 0 Å². The third-order valence-corrected chi connectivity index (χ3v) is 6.98. The molecule has 0 aliphatic heterocycles. The minimum atomic E-state index is 0. The van der Waals surface area contributed by atoms with Crippen molar-refractivity contribution in [2.45, 2.75) is 67.7 Å². The van der Waals surface area contributed by atoms with E-state index in [0.29, 0.717) is 30.6 Å². The maximum Gasteiger partial charge on any atom is 0.159 e. The van der Waals surface area contributed by atoms with Crippen LogP contribution in [0, 0.1) is 30.7 Å². The smallest absolute Gasteiger partial charge is 0.159 e. The Morgan fingerprint density at radius 3 is 2.29 bits per heavy atom. The molecule has 1 radical (unpaired) electrons. The van der Waals surface area contributed by atoms with E-state index < -0.39 is 0 Å². The summed E-state index contributed by atoms with van der Waals surface area (Å²) in [4.78, 5) is 16.0. The van der Waals surface area contributed by atoms with E-state index in [-0.39, 0.29) is 31.6 Å². The fraction of sp³-hybridized carbons (Fsp3) is 0.351. The van der Waals surface area contributed by atoms with E-state index in [2.05, 4.69) is 81.4 Å². The van der Waals surface area contributed by atoms with Crippen molar-refractivity contribution in [2.75, 3.05) is 0 Å². The molecule has 3 aromatic carbocycles. The van der Waals surface area contributed by atoms with Crippen LogP contribution >= 0.6 is 0 Å². The third kappa shape index (κ3) is 8.03. The van der Waals surface area contributed by atoms with Gasteiger partial charge in [-0.15, -0.1) is 29.3 Å². The maximum atomic E-state index is 11.2. The first-order valence-corrected chi connectivity index (χ1v) is 14.5. The number of hydrogen-bond acceptors (Lipinski definition) is 3. The standard InChI is InChI=1S/C26H22N.C11H20O2.Ir/c1-16(2)13-18-8-10-20-21-6-4-5-19-11-12-27-26(25(19)21)22-9-7-17(3)14-23(22)24(20)15-18;1-8(2)5-10(12)7-11(13)6-9(3)4;/h4-8,10-12,14-16H,13H2,1-3H3;7-9,12H,5-6H2,1-4H3;/q-1;;/b;10-7-;. The first kappa shape index (κ1) is 32.4. The van der Waals surface area contributed by atoms with Crippen LogP contribution in [0.4, 0.5) is 0 Å². The van der Waals surface area contributed by atoms with E-state index in [4.69, 9.17) is 4.98 Å². The van der Waals surface area contributed by atoms with Crippen LogP contribution in [-0.2, 0) is 31.3 Å². The third-order valence-electron chi connectivity index (χ3n) is 6.98. The van der Waals surface area contributed by atoms with Crippen LogP contribution in [0.2, 0.25) is 0 Å². The summed E-state index contributed by atoms with van der Waals surface area (Å²) in [6, 6.07) is 23.5. The van der Waals surface area contributed by atoms with Crippen molar-refractivity contribution in [2.24, 2.45) is 17.8 Å². The van der Waals surface area contributed by atoms with Crippen molar-refractivity contribution in [1.82, 2.24) is 4.98 Å². The first-order valence-electron chi connectivity index (χ1n) is 14.5. The average Bonchev–Trinajstić information content (AvgIpc) is 2.97. The fourth-order valence-corrected chi connectivity index (χ4v) is 5.43. The second kappa shape index (κ2) is 14.2. The molecule has 4 aromatic rings. The van der Waals surface area contributed by atoms with Crippen LogP contribution in [0.15, 0.2) is 72.6 Å². The number of carbonyl (C=O) groups excluding carboxylic acids is 1. The molecule has 3 nitrogen and oxygen atoms in total. The number of aliphatic hydroxyl groups excluding tert-OH is 1. The van der Waals surface area contributed by atoms with Gasteiger partial charge in [-0.3, -0.25) is 4.79 Å². The van der Waals surface area contributed by atoms with E-state index >= 15 is 0 Å². The van der Waals surface area contributed by atoms with Gasteiger partial charge in [0.25, 0.3) is 0 Å². The van der Waals surface area contributed by atoms with Gasteiger partial charge in [-0.1, -0.05) is 96.0 Å². The van der Waals surface area contributed by atoms with Gasteiger partial charge in [0, 0.05) is 45.2 Å². The molecule has 1 aromatic heterocycles. The van der Waals surface area contributed by atoms with Gasteiger partial charge in [0.2, 0.25) is 0 Å². The molecule has 0 spiro atoms. The van der Waals surface area contributed by atoms with Gasteiger partial charge in [0.05, 0.1) is 5.76 Å². The number of rotatable bonds is 7. The van der Waals surface area contributed by atoms with E-state index in [0.717, 1.165) is 17.7 Å². The summed E-state index contributed by atoms with van der Waals surface area (Å²) in [6.45, 7) is 14.7. The molecule has 0 amide bonds. The van der Waals surface area contributed by atoms with Gasteiger partial charge < -0.3 is 10.1 Å². The van der Waals surface area contributed by atoms with Gasteiger partial charge in [-0.2, -0.15) is 0 Å². The summed E-state index contributed by atoms with van der Waals surface area (Å²) >= 11 is 0. The van der Waals surface area contributed by atoms with Gasteiger partial charge >= 0.3 is 0 Å². The van der Waals surface area contributed by atoms with Crippen molar-refractivity contribution in [3.63, 3.8) is 0 Å². The van der Waals surface area contributed by atoms with Crippen molar-refractivity contribution < 1.29 is 30.0 Å². The van der Waals surface area contributed by atoms with Crippen LogP contribution < -0.4 is 0 Å². The Balaban J connectivity index is 0.000000284. The molecule has 1 heterocycles. The molecule has 4 heteroatoms. The van der Waals surface area contributed by atoms with E-state index in [1.54, 1.807) is 0 Å². The minimum Gasteiger partial charge on any atom is -0.512 e. The number of benzene rings is 3. The summed E-state index contributed by atoms with van der Waals surface area (Å²) < 4.78 is 0. The van der Waals surface area contributed by atoms with Crippen LogP contribution in [-0.4, -0.2) is 15.9 Å². The molecular formula is C37H42IrNO2-. The summed E-state index contributed by atoms with van der Waals surface area (Å²) in [7, 11) is 0. The molecule has 1 aliphatic carbocycles. The molecule has 0 saturated heterocycles. The van der Waals surface area contributed by atoms with Crippen LogP contribution in [0.5, 0.6) is 0 Å². The van der Waals surface area contributed by atoms with Crippen molar-refractivity contribution in [1.29, 1.82) is 0 Å². The number of fused-ring (bicyclic) bond motifs is 5. The quantitative estimate of drug-likeness (QED) is 0.103. The van der Waals surface area contributed by atoms with Crippen molar-refractivity contribution >= 4 is 16.6 Å². The summed E-state index contributed by atoms with van der Waals surface area (Å²) in [6.07, 6.45) is 5.47. The number of pyridine rings is 1. The molecule has 1 aliphatic rings. The van der Waals surface area contributed by atoms with Gasteiger partial charge in [0.15, 0.2) is 5.78 Å². The molecule has 0 bridgehead atoms. The second-order valence-electron chi connectivity index (χ2n) is 12.3. The molecule has 0 saturated carbocycles. The number of carbonyl (C=O) groups is 1. The largest absolute Gasteiger partial charge is 0.512 e. The fourth-order valence-electron chi connectivity index (χ4n) is 5.43. The molecule has 217 valence electrons. The maximum absolute atomic E-state index is 11.2. The van der Waals surface area contributed by atoms with E-state index in [9.17, 15) is 9.90 Å². The van der Waals surface area contributed by atoms with Crippen LogP contribution in [0.3, 0.4) is 0 Å². The Labute approximate surface area is 259 Å². The van der Waals surface area contributed by atoms with E-state index in [1.165, 1.54) is 50.2 Å². The van der Waals surface area contributed by atoms with E-state index in [1.807, 2.05) is 33.9 Å². The number of aryl methyl sites for hydroxylation is 1.